The number of nitrogens with zero attached hydrogens (tertiary/aromatic N) is 2. The van der Waals surface area contributed by atoms with Gasteiger partial charge in [0.15, 0.2) is 0 Å². The van der Waals surface area contributed by atoms with Crippen LogP contribution in [0, 0.1) is 20.8 Å². The number of hydrogen-bond acceptors (Lipinski definition) is 3. The van der Waals surface area contributed by atoms with Crippen LogP contribution in [0.5, 0.6) is 0 Å². The Morgan fingerprint density at radius 3 is 2.44 bits per heavy atom. The summed E-state index contributed by atoms with van der Waals surface area (Å²) in [6.07, 6.45) is 0.682. The molecule has 2 aromatic carbocycles. The Morgan fingerprint density at radius 2 is 1.74 bits per heavy atom. The summed E-state index contributed by atoms with van der Waals surface area (Å²) in [4.78, 5) is 29.2. The van der Waals surface area contributed by atoms with Gasteiger partial charge in [-0.1, -0.05) is 23.8 Å². The molecule has 27 heavy (non-hydrogen) atoms. The fourth-order valence-electron chi connectivity index (χ4n) is 4.10. The molecule has 2 heterocycles. The number of fused-ring (bicyclic) bond motifs is 1. The first-order valence-corrected chi connectivity index (χ1v) is 9.44. The van der Waals surface area contributed by atoms with Gasteiger partial charge in [-0.25, -0.2) is 0 Å². The summed E-state index contributed by atoms with van der Waals surface area (Å²) >= 11 is 0. The average molecular weight is 363 g/mol. The van der Waals surface area contributed by atoms with E-state index in [1.54, 1.807) is 9.80 Å². The maximum Gasteiger partial charge on any atom is 0.246 e. The van der Waals surface area contributed by atoms with Crippen molar-refractivity contribution >= 4 is 23.2 Å². The highest BCUT2D eigenvalue weighted by Crippen LogP contribution is 2.28. The minimum atomic E-state index is -0.276. The second-order valence-corrected chi connectivity index (χ2v) is 7.71. The molecule has 0 aliphatic carbocycles. The van der Waals surface area contributed by atoms with E-state index in [0.29, 0.717) is 19.5 Å². The normalized spacial score (nSPS) is 19.1. The quantitative estimate of drug-likeness (QED) is 0.893. The summed E-state index contributed by atoms with van der Waals surface area (Å²) in [5, 5.41) is 3.32. The molecule has 2 amide bonds. The fourth-order valence-corrected chi connectivity index (χ4v) is 4.10. The molecule has 1 saturated heterocycles. The number of rotatable bonds is 2. The Labute approximate surface area is 160 Å². The van der Waals surface area contributed by atoms with Gasteiger partial charge in [0.05, 0.1) is 0 Å². The number of amides is 2. The van der Waals surface area contributed by atoms with Crippen LogP contribution in [0.3, 0.4) is 0 Å². The molecule has 2 aromatic rings. The molecule has 0 aromatic heterocycles. The second kappa shape index (κ2) is 6.72. The van der Waals surface area contributed by atoms with Crippen LogP contribution in [0.1, 0.15) is 22.3 Å². The predicted octanol–water partition coefficient (Wildman–Crippen LogP) is 2.82. The molecular weight excluding hydrogens is 338 g/mol. The Morgan fingerprint density at radius 1 is 1.00 bits per heavy atom. The molecule has 140 valence electrons. The van der Waals surface area contributed by atoms with Crippen LogP contribution in [0.2, 0.25) is 0 Å². The monoisotopic (exact) mass is 363 g/mol. The summed E-state index contributed by atoms with van der Waals surface area (Å²) in [7, 11) is 0. The van der Waals surface area contributed by atoms with Crippen LogP contribution >= 0.6 is 0 Å². The highest BCUT2D eigenvalue weighted by molar-refractivity contribution is 5.99. The molecular formula is C22H25N3O2. The van der Waals surface area contributed by atoms with Crippen LogP contribution in [0.4, 0.5) is 11.4 Å². The molecule has 1 N–H and O–H groups in total. The van der Waals surface area contributed by atoms with Gasteiger partial charge in [-0.2, -0.15) is 0 Å². The van der Waals surface area contributed by atoms with Gasteiger partial charge in [-0.3, -0.25) is 9.59 Å². The van der Waals surface area contributed by atoms with E-state index in [2.05, 4.69) is 24.4 Å². The van der Waals surface area contributed by atoms with Crippen LogP contribution in [-0.4, -0.2) is 42.4 Å². The first kappa shape index (κ1) is 17.6. The van der Waals surface area contributed by atoms with Crippen molar-refractivity contribution in [2.45, 2.75) is 33.2 Å². The zero-order chi connectivity index (χ0) is 19.1. The predicted molar refractivity (Wildman–Crippen MR) is 107 cm³/mol. The first-order chi connectivity index (χ1) is 12.9. The minimum absolute atomic E-state index is 0.0114. The van der Waals surface area contributed by atoms with Crippen molar-refractivity contribution in [1.82, 2.24) is 4.90 Å². The van der Waals surface area contributed by atoms with Gasteiger partial charge in [0.25, 0.3) is 0 Å². The number of carbonyl (C=O) groups excluding carboxylic acids is 2. The Kier molecular flexibility index (Phi) is 4.38. The van der Waals surface area contributed by atoms with Gasteiger partial charge in [0, 0.05) is 30.9 Å². The number of carbonyl (C=O) groups is 2. The minimum Gasteiger partial charge on any atom is -0.373 e. The molecule has 0 saturated carbocycles. The van der Waals surface area contributed by atoms with Crippen LogP contribution in [0.25, 0.3) is 0 Å². The second-order valence-electron chi connectivity index (χ2n) is 7.71. The van der Waals surface area contributed by atoms with Crippen molar-refractivity contribution in [3.05, 3.63) is 58.7 Å². The Bertz CT molecular complexity index is 902. The average Bonchev–Trinajstić information content (AvgIpc) is 3.03. The topological polar surface area (TPSA) is 52.6 Å². The van der Waals surface area contributed by atoms with E-state index in [-0.39, 0.29) is 24.4 Å². The first-order valence-electron chi connectivity index (χ1n) is 9.44. The summed E-state index contributed by atoms with van der Waals surface area (Å²) < 4.78 is 0. The Balaban J connectivity index is 1.44. The van der Waals surface area contributed by atoms with Crippen LogP contribution in [0.15, 0.2) is 36.4 Å². The van der Waals surface area contributed by atoms with Gasteiger partial charge in [-0.15, -0.1) is 0 Å². The molecule has 2 aliphatic rings. The standard InChI is InChI=1S/C22H25N3O2/c1-14-4-5-19-17(9-14)12-20(23-19)22(27)24-6-7-25(21(26)13-24)18-10-15(2)8-16(3)11-18/h4-5,8-11,20,23H,6-7,12-13H2,1-3H3/t20-/m0/s1. The molecule has 0 unspecified atom stereocenters. The Hall–Kier alpha value is -2.82. The number of aryl methyl sites for hydroxylation is 3. The summed E-state index contributed by atoms with van der Waals surface area (Å²) in [6, 6.07) is 12.1. The van der Waals surface area contributed by atoms with E-state index in [0.717, 1.165) is 22.5 Å². The lowest BCUT2D eigenvalue weighted by atomic mass is 10.1. The van der Waals surface area contributed by atoms with Gasteiger partial charge in [0.1, 0.15) is 12.6 Å². The van der Waals surface area contributed by atoms with Crippen LogP contribution in [-0.2, 0) is 16.0 Å². The maximum absolute atomic E-state index is 12.9. The molecule has 0 spiro atoms. The van der Waals surface area contributed by atoms with Crippen molar-refractivity contribution in [2.75, 3.05) is 29.9 Å². The van der Waals surface area contributed by atoms with Gasteiger partial charge >= 0.3 is 0 Å². The number of nitrogens with one attached hydrogen (secondary N) is 1. The third-order valence-electron chi connectivity index (χ3n) is 5.36. The lowest BCUT2D eigenvalue weighted by Crippen LogP contribution is -2.55. The maximum atomic E-state index is 12.9. The molecule has 0 radical (unpaired) electrons. The number of hydrogen-bond donors (Lipinski definition) is 1. The fraction of sp³-hybridized carbons (Fsp3) is 0.364. The zero-order valence-electron chi connectivity index (χ0n) is 16.1. The molecule has 5 heteroatoms. The lowest BCUT2D eigenvalue weighted by molar-refractivity contribution is -0.137. The largest absolute Gasteiger partial charge is 0.373 e. The zero-order valence-corrected chi connectivity index (χ0v) is 16.1. The number of anilines is 2. The lowest BCUT2D eigenvalue weighted by Gasteiger charge is -2.35. The van der Waals surface area contributed by atoms with E-state index in [1.165, 1.54) is 11.1 Å². The van der Waals surface area contributed by atoms with Crippen LogP contribution < -0.4 is 10.2 Å². The van der Waals surface area contributed by atoms with E-state index in [9.17, 15) is 9.59 Å². The van der Waals surface area contributed by atoms with Crippen molar-refractivity contribution < 1.29 is 9.59 Å². The van der Waals surface area contributed by atoms with Gasteiger partial charge < -0.3 is 15.1 Å². The molecule has 0 bridgehead atoms. The molecule has 4 rings (SSSR count). The highest BCUT2D eigenvalue weighted by Gasteiger charge is 2.34. The summed E-state index contributed by atoms with van der Waals surface area (Å²) in [5.41, 5.74) is 6.60. The van der Waals surface area contributed by atoms with E-state index >= 15 is 0 Å². The third kappa shape index (κ3) is 3.42. The van der Waals surface area contributed by atoms with Crippen molar-refractivity contribution in [2.24, 2.45) is 0 Å². The van der Waals surface area contributed by atoms with Crippen molar-refractivity contribution in [3.63, 3.8) is 0 Å². The molecule has 1 atom stereocenters. The molecule has 1 fully saturated rings. The number of benzene rings is 2. The molecule has 5 nitrogen and oxygen atoms in total. The molecule has 2 aliphatic heterocycles. The van der Waals surface area contributed by atoms with E-state index < -0.39 is 0 Å². The van der Waals surface area contributed by atoms with Crippen molar-refractivity contribution in [1.29, 1.82) is 0 Å². The summed E-state index contributed by atoms with van der Waals surface area (Å²) in [5.74, 6) is -0.0109. The smallest absolute Gasteiger partial charge is 0.246 e. The van der Waals surface area contributed by atoms with E-state index in [4.69, 9.17) is 0 Å². The highest BCUT2D eigenvalue weighted by atomic mass is 16.2. The third-order valence-corrected chi connectivity index (χ3v) is 5.36. The van der Waals surface area contributed by atoms with Gasteiger partial charge in [0.2, 0.25) is 11.8 Å². The number of piperazine rings is 1. The SMILES string of the molecule is Cc1cc(C)cc(N2CCN(C(=O)[C@@H]3Cc4cc(C)ccc4N3)CC2=O)c1. The van der Waals surface area contributed by atoms with E-state index in [1.807, 2.05) is 38.1 Å². The van der Waals surface area contributed by atoms with Gasteiger partial charge in [-0.05, 0) is 55.7 Å². The summed E-state index contributed by atoms with van der Waals surface area (Å²) in [6.45, 7) is 7.36. The van der Waals surface area contributed by atoms with Crippen molar-refractivity contribution in [3.8, 4) is 0 Å².